The number of rotatable bonds is 11. The van der Waals surface area contributed by atoms with Crippen LogP contribution in [0.25, 0.3) is 11.0 Å². The molecule has 0 bridgehead atoms. The molecule has 0 spiro atoms. The van der Waals surface area contributed by atoms with Crippen LogP contribution in [-0.2, 0) is 32.0 Å². The van der Waals surface area contributed by atoms with Crippen LogP contribution in [0.4, 0.5) is 0 Å². The fourth-order valence-corrected chi connectivity index (χ4v) is 4.39. The summed E-state index contributed by atoms with van der Waals surface area (Å²) in [6.45, 7) is 6.15. The van der Waals surface area contributed by atoms with Gasteiger partial charge in [-0.05, 0) is 55.2 Å². The number of carbonyl (C=O) groups excluding carboxylic acids is 3. The Kier molecular flexibility index (Phi) is 10.1. The van der Waals surface area contributed by atoms with E-state index >= 15 is 0 Å². The summed E-state index contributed by atoms with van der Waals surface area (Å²) in [5.74, 6) is -3.64. The van der Waals surface area contributed by atoms with Crippen LogP contribution < -0.4 is 21.6 Å². The number of hydrogen-bond acceptors (Lipinski definition) is 7. The summed E-state index contributed by atoms with van der Waals surface area (Å²) >= 11 is 5.87. The summed E-state index contributed by atoms with van der Waals surface area (Å²) in [5.41, 5.74) is 1.18. The number of aliphatic carboxylic acids is 1. The Bertz CT molecular complexity index is 1530. The molecule has 0 aliphatic rings. The summed E-state index contributed by atoms with van der Waals surface area (Å²) in [4.78, 5) is 62.4. The normalized spacial score (nSPS) is 12.5. The second-order valence-corrected chi connectivity index (χ2v) is 10.5. The lowest BCUT2D eigenvalue weighted by atomic mass is 10.0. The van der Waals surface area contributed by atoms with Crippen LogP contribution in [0.5, 0.6) is 5.75 Å². The zero-order valence-corrected chi connectivity index (χ0v) is 23.8. The number of aryl methyl sites for hydroxylation is 2. The molecule has 41 heavy (non-hydrogen) atoms. The van der Waals surface area contributed by atoms with E-state index < -0.39 is 53.9 Å². The molecule has 3 amide bonds. The number of amides is 3. The van der Waals surface area contributed by atoms with Crippen molar-refractivity contribution in [1.82, 2.24) is 16.0 Å². The first-order valence-corrected chi connectivity index (χ1v) is 13.2. The third-order valence-electron chi connectivity index (χ3n) is 6.69. The van der Waals surface area contributed by atoms with Crippen molar-refractivity contribution >= 4 is 46.3 Å². The molecular formula is C29H32ClN3O8. The van der Waals surface area contributed by atoms with Gasteiger partial charge in [0.15, 0.2) is 0 Å². The lowest BCUT2D eigenvalue weighted by molar-refractivity contribution is -0.142. The zero-order valence-electron chi connectivity index (χ0n) is 23.0. The fourth-order valence-electron chi connectivity index (χ4n) is 4.26. The number of phenols is 1. The number of fused-ring (bicyclic) bond motifs is 1. The number of nitrogens with one attached hydrogen (secondary N) is 3. The number of carboxylic acids is 1. The minimum absolute atomic E-state index is 0.00989. The average Bonchev–Trinajstić information content (AvgIpc) is 2.91. The lowest BCUT2D eigenvalue weighted by Gasteiger charge is -2.24. The van der Waals surface area contributed by atoms with Gasteiger partial charge in [-0.3, -0.25) is 14.4 Å². The molecular weight excluding hydrogens is 554 g/mol. The van der Waals surface area contributed by atoms with Gasteiger partial charge in [0.05, 0.1) is 18.5 Å². The second kappa shape index (κ2) is 13.3. The van der Waals surface area contributed by atoms with Crippen molar-refractivity contribution in [3.63, 3.8) is 0 Å². The lowest BCUT2D eigenvalue weighted by Crippen LogP contribution is -2.55. The Morgan fingerprint density at radius 3 is 2.22 bits per heavy atom. The first-order chi connectivity index (χ1) is 19.3. The van der Waals surface area contributed by atoms with Gasteiger partial charge in [-0.1, -0.05) is 37.6 Å². The van der Waals surface area contributed by atoms with Gasteiger partial charge in [-0.2, -0.15) is 0 Å². The summed E-state index contributed by atoms with van der Waals surface area (Å²) in [7, 11) is 0. The topological polar surface area (TPSA) is 175 Å². The van der Waals surface area contributed by atoms with E-state index in [2.05, 4.69) is 16.0 Å². The van der Waals surface area contributed by atoms with Gasteiger partial charge in [0.25, 0.3) is 0 Å². The van der Waals surface area contributed by atoms with Gasteiger partial charge in [0.1, 0.15) is 23.4 Å². The highest BCUT2D eigenvalue weighted by molar-refractivity contribution is 6.30. The first-order valence-electron chi connectivity index (χ1n) is 12.9. The number of carbonyl (C=O) groups is 4. The Morgan fingerprint density at radius 1 is 0.951 bits per heavy atom. The number of aromatic hydroxyl groups is 1. The van der Waals surface area contributed by atoms with Crippen LogP contribution in [0.3, 0.4) is 0 Å². The van der Waals surface area contributed by atoms with E-state index in [1.165, 1.54) is 6.07 Å². The van der Waals surface area contributed by atoms with E-state index in [-0.39, 0.29) is 29.7 Å². The molecule has 3 rings (SSSR count). The Hall–Kier alpha value is -4.38. The van der Waals surface area contributed by atoms with Crippen LogP contribution >= 0.6 is 11.6 Å². The number of phenolic OH excluding ortho intramolecular Hbond substituents is 1. The molecule has 2 atom stereocenters. The van der Waals surface area contributed by atoms with Gasteiger partial charge in [-0.15, -0.1) is 0 Å². The van der Waals surface area contributed by atoms with Crippen molar-refractivity contribution in [3.8, 4) is 5.75 Å². The van der Waals surface area contributed by atoms with Crippen molar-refractivity contribution in [2.75, 3.05) is 6.54 Å². The van der Waals surface area contributed by atoms with E-state index in [4.69, 9.17) is 16.0 Å². The summed E-state index contributed by atoms with van der Waals surface area (Å²) in [5, 5.41) is 28.0. The first kappa shape index (κ1) is 31.2. The van der Waals surface area contributed by atoms with E-state index in [9.17, 15) is 34.2 Å². The second-order valence-electron chi connectivity index (χ2n) is 10.1. The monoisotopic (exact) mass is 585 g/mol. The zero-order chi connectivity index (χ0) is 30.4. The van der Waals surface area contributed by atoms with Crippen LogP contribution in [0.1, 0.15) is 36.1 Å². The minimum atomic E-state index is -1.24. The molecule has 0 saturated carbocycles. The molecule has 0 fully saturated rings. The van der Waals surface area contributed by atoms with Crippen molar-refractivity contribution in [3.05, 3.63) is 74.1 Å². The molecule has 0 radical (unpaired) electrons. The maximum absolute atomic E-state index is 12.9. The SMILES string of the molecule is Cc1c(CC(=O)NCC(=O)N[C@H](C(=O)N[C@H](Cc2ccc(Cl)cc2)C(=O)O)C(C)C)c(=O)oc2c(C)c(O)ccc12. The van der Waals surface area contributed by atoms with Crippen molar-refractivity contribution < 1.29 is 33.8 Å². The summed E-state index contributed by atoms with van der Waals surface area (Å²) in [6.07, 6.45) is -0.341. The summed E-state index contributed by atoms with van der Waals surface area (Å²) in [6, 6.07) is 7.29. The van der Waals surface area contributed by atoms with E-state index in [0.717, 1.165) is 0 Å². The molecule has 1 aromatic heterocycles. The van der Waals surface area contributed by atoms with Gasteiger partial charge in [0, 0.05) is 22.4 Å². The summed E-state index contributed by atoms with van der Waals surface area (Å²) < 4.78 is 5.34. The average molecular weight is 586 g/mol. The van der Waals surface area contributed by atoms with E-state index in [0.29, 0.717) is 27.1 Å². The third-order valence-corrected chi connectivity index (χ3v) is 6.94. The predicted molar refractivity (Wildman–Crippen MR) is 152 cm³/mol. The maximum Gasteiger partial charge on any atom is 0.340 e. The molecule has 1 heterocycles. The van der Waals surface area contributed by atoms with Gasteiger partial charge in [-0.25, -0.2) is 9.59 Å². The van der Waals surface area contributed by atoms with Gasteiger partial charge in [0.2, 0.25) is 17.7 Å². The Morgan fingerprint density at radius 2 is 1.61 bits per heavy atom. The highest BCUT2D eigenvalue weighted by atomic mass is 35.5. The smallest absolute Gasteiger partial charge is 0.340 e. The molecule has 0 unspecified atom stereocenters. The Labute approximate surface area is 240 Å². The molecule has 3 aromatic rings. The molecule has 218 valence electrons. The highest BCUT2D eigenvalue weighted by Gasteiger charge is 2.29. The van der Waals surface area contributed by atoms with Gasteiger partial charge >= 0.3 is 11.6 Å². The van der Waals surface area contributed by atoms with E-state index in [1.54, 1.807) is 58.0 Å². The third kappa shape index (κ3) is 7.85. The van der Waals surface area contributed by atoms with E-state index in [1.807, 2.05) is 0 Å². The van der Waals surface area contributed by atoms with Crippen molar-refractivity contribution in [1.29, 1.82) is 0 Å². The molecule has 0 aliphatic carbocycles. The number of benzene rings is 2. The standard InChI is InChI=1S/C29H32ClN3O8/c1-14(2)25(27(37)32-21(28(38)39)11-17-5-7-18(30)8-6-17)33-24(36)13-31-23(35)12-20-15(3)19-9-10-22(34)16(4)26(19)41-29(20)40/h5-10,14,21,25,34H,11-13H2,1-4H3,(H,31,35)(H,32,37)(H,33,36)(H,38,39)/t21-,25+/m1/s1. The molecule has 5 N–H and O–H groups in total. The molecule has 2 aromatic carbocycles. The van der Waals surface area contributed by atoms with Gasteiger partial charge < -0.3 is 30.6 Å². The minimum Gasteiger partial charge on any atom is -0.508 e. The largest absolute Gasteiger partial charge is 0.508 e. The number of halogens is 1. The molecule has 11 nitrogen and oxygen atoms in total. The maximum atomic E-state index is 12.9. The highest BCUT2D eigenvalue weighted by Crippen LogP contribution is 2.28. The molecule has 12 heteroatoms. The quantitative estimate of drug-likeness (QED) is 0.213. The Balaban J connectivity index is 1.61. The van der Waals surface area contributed by atoms with Crippen LogP contribution in [0.15, 0.2) is 45.6 Å². The fraction of sp³-hybridized carbons (Fsp3) is 0.345. The van der Waals surface area contributed by atoms with Crippen LogP contribution in [-0.4, -0.2) is 52.5 Å². The molecule has 0 aliphatic heterocycles. The van der Waals surface area contributed by atoms with Crippen molar-refractivity contribution in [2.24, 2.45) is 5.92 Å². The van der Waals surface area contributed by atoms with Crippen LogP contribution in [0, 0.1) is 19.8 Å². The number of hydrogen-bond donors (Lipinski definition) is 5. The number of carboxylic acid groups (broad SMARTS) is 1. The van der Waals surface area contributed by atoms with Crippen LogP contribution in [0.2, 0.25) is 5.02 Å². The van der Waals surface area contributed by atoms with Crippen molar-refractivity contribution in [2.45, 2.75) is 52.6 Å². The predicted octanol–water partition coefficient (Wildman–Crippen LogP) is 2.38. The molecule has 0 saturated heterocycles.